The number of esters is 1. The molecule has 0 bridgehead atoms. The molecule has 0 radical (unpaired) electrons. The third-order valence-electron chi connectivity index (χ3n) is 4.82. The van der Waals surface area contributed by atoms with Gasteiger partial charge in [0.1, 0.15) is 22.0 Å². The third-order valence-corrected chi connectivity index (χ3v) is 5.37. The van der Waals surface area contributed by atoms with E-state index < -0.39 is 11.6 Å². The van der Waals surface area contributed by atoms with E-state index in [0.717, 1.165) is 29.8 Å². The summed E-state index contributed by atoms with van der Waals surface area (Å²) < 4.78 is 11.6. The minimum atomic E-state index is -0.657. The molecule has 1 unspecified atom stereocenters. The minimum absolute atomic E-state index is 0.343. The number of ether oxygens (including phenoxy) is 1. The number of nitrogens with one attached hydrogen (secondary N) is 1. The zero-order chi connectivity index (χ0) is 21.3. The van der Waals surface area contributed by atoms with Gasteiger partial charge < -0.3 is 14.5 Å². The lowest BCUT2D eigenvalue weighted by molar-refractivity contribution is -0.155. The van der Waals surface area contributed by atoms with Gasteiger partial charge in [0.25, 0.3) is 0 Å². The average molecular weight is 470 g/mol. The molecule has 0 fully saturated rings. The highest BCUT2D eigenvalue weighted by molar-refractivity contribution is 9.10. The standard InChI is InChI=1S/C23H24BrN3O3/c1-23(2,3)30-22(28)18(13-15-8-6-12-29-15)26-21-20(24)27-19-16-9-5-4-7-14(16)10-11-17(19)25-21/h4-9,12,18H,10-11,13H2,1-3H3,(H,25,26). The number of anilines is 1. The van der Waals surface area contributed by atoms with Crippen molar-refractivity contribution in [3.05, 3.63) is 64.3 Å². The van der Waals surface area contributed by atoms with Gasteiger partial charge in [0.15, 0.2) is 5.82 Å². The number of furan rings is 1. The summed E-state index contributed by atoms with van der Waals surface area (Å²) in [5, 5.41) is 3.23. The molecule has 1 N–H and O–H groups in total. The first-order valence-electron chi connectivity index (χ1n) is 9.96. The SMILES string of the molecule is CC(C)(C)OC(=O)C(Cc1ccco1)Nc1nc2c(nc1Br)-c1ccccc1CC2. The molecule has 0 spiro atoms. The van der Waals surface area contributed by atoms with Gasteiger partial charge in [0, 0.05) is 12.0 Å². The molecule has 2 aromatic heterocycles. The van der Waals surface area contributed by atoms with E-state index in [4.69, 9.17) is 19.1 Å². The summed E-state index contributed by atoms with van der Waals surface area (Å²) in [6.07, 6.45) is 3.65. The number of hydrogen-bond acceptors (Lipinski definition) is 6. The van der Waals surface area contributed by atoms with E-state index >= 15 is 0 Å². The highest BCUT2D eigenvalue weighted by Gasteiger charge is 2.28. The van der Waals surface area contributed by atoms with Gasteiger partial charge in [0.05, 0.1) is 17.7 Å². The molecule has 7 heteroatoms. The number of nitrogens with zero attached hydrogens (tertiary/aromatic N) is 2. The maximum Gasteiger partial charge on any atom is 0.329 e. The second-order valence-electron chi connectivity index (χ2n) is 8.33. The van der Waals surface area contributed by atoms with Crippen molar-refractivity contribution in [3.63, 3.8) is 0 Å². The first-order valence-corrected chi connectivity index (χ1v) is 10.8. The van der Waals surface area contributed by atoms with Crippen molar-refractivity contribution in [2.24, 2.45) is 0 Å². The van der Waals surface area contributed by atoms with E-state index in [1.165, 1.54) is 5.56 Å². The smallest absolute Gasteiger partial charge is 0.329 e. The summed E-state index contributed by atoms with van der Waals surface area (Å²) in [6, 6.07) is 11.2. The van der Waals surface area contributed by atoms with Crippen LogP contribution in [-0.2, 0) is 28.8 Å². The van der Waals surface area contributed by atoms with Crippen LogP contribution in [0.2, 0.25) is 0 Å². The highest BCUT2D eigenvalue weighted by Crippen LogP contribution is 2.34. The molecular formula is C23H24BrN3O3. The summed E-state index contributed by atoms with van der Waals surface area (Å²) in [4.78, 5) is 22.4. The van der Waals surface area contributed by atoms with Crippen molar-refractivity contribution >= 4 is 27.7 Å². The molecule has 0 saturated carbocycles. The number of carbonyl (C=O) groups is 1. The van der Waals surface area contributed by atoms with Crippen molar-refractivity contribution < 1.29 is 13.9 Å². The van der Waals surface area contributed by atoms with Gasteiger partial charge in [-0.1, -0.05) is 24.3 Å². The number of hydrogen-bond donors (Lipinski definition) is 1. The van der Waals surface area contributed by atoms with Gasteiger partial charge in [-0.3, -0.25) is 0 Å². The quantitative estimate of drug-likeness (QED) is 0.531. The van der Waals surface area contributed by atoms with Crippen molar-refractivity contribution in [1.82, 2.24) is 9.97 Å². The van der Waals surface area contributed by atoms with Crippen LogP contribution in [0.15, 0.2) is 51.7 Å². The van der Waals surface area contributed by atoms with E-state index in [1.54, 1.807) is 12.3 Å². The van der Waals surface area contributed by atoms with Crippen molar-refractivity contribution in [2.75, 3.05) is 5.32 Å². The molecule has 156 valence electrons. The van der Waals surface area contributed by atoms with Crippen LogP contribution in [-0.4, -0.2) is 27.6 Å². The molecule has 1 aliphatic carbocycles. The molecule has 6 nitrogen and oxygen atoms in total. The van der Waals surface area contributed by atoms with Crippen LogP contribution in [0.4, 0.5) is 5.82 Å². The number of aromatic nitrogens is 2. The first kappa shape index (κ1) is 20.6. The van der Waals surface area contributed by atoms with Crippen LogP contribution >= 0.6 is 15.9 Å². The zero-order valence-corrected chi connectivity index (χ0v) is 18.8. The van der Waals surface area contributed by atoms with Crippen molar-refractivity contribution in [1.29, 1.82) is 0 Å². The number of benzene rings is 1. The molecule has 4 rings (SSSR count). The first-order chi connectivity index (χ1) is 14.3. The molecule has 2 heterocycles. The van der Waals surface area contributed by atoms with Gasteiger partial charge in [0.2, 0.25) is 0 Å². The van der Waals surface area contributed by atoms with E-state index in [-0.39, 0.29) is 5.97 Å². The Morgan fingerprint density at radius 1 is 1.20 bits per heavy atom. The minimum Gasteiger partial charge on any atom is -0.469 e. The maximum absolute atomic E-state index is 12.9. The number of carbonyl (C=O) groups excluding carboxylic acids is 1. The van der Waals surface area contributed by atoms with Crippen LogP contribution in [0.25, 0.3) is 11.3 Å². The summed E-state index contributed by atoms with van der Waals surface area (Å²) in [7, 11) is 0. The molecule has 0 aliphatic heterocycles. The van der Waals surface area contributed by atoms with Gasteiger partial charge in [-0.2, -0.15) is 0 Å². The molecule has 3 aromatic rings. The fourth-order valence-electron chi connectivity index (χ4n) is 3.52. The van der Waals surface area contributed by atoms with Crippen molar-refractivity contribution in [2.45, 2.75) is 51.7 Å². The summed E-state index contributed by atoms with van der Waals surface area (Å²) >= 11 is 3.53. The fraction of sp³-hybridized carbons (Fsp3) is 0.348. The molecule has 1 aromatic carbocycles. The van der Waals surface area contributed by atoms with Gasteiger partial charge in [-0.05, 0) is 67.2 Å². The molecule has 1 aliphatic rings. The van der Waals surface area contributed by atoms with Gasteiger partial charge >= 0.3 is 5.97 Å². The number of fused-ring (bicyclic) bond motifs is 3. The second kappa shape index (κ2) is 8.22. The van der Waals surface area contributed by atoms with Gasteiger partial charge in [-0.25, -0.2) is 14.8 Å². The summed E-state index contributed by atoms with van der Waals surface area (Å²) in [5.74, 6) is 0.848. The van der Waals surface area contributed by atoms with E-state index in [9.17, 15) is 4.79 Å². The lowest BCUT2D eigenvalue weighted by Gasteiger charge is -2.25. The Balaban J connectivity index is 1.64. The third kappa shape index (κ3) is 4.56. The Bertz CT molecular complexity index is 1060. The number of rotatable bonds is 5. The Morgan fingerprint density at radius 2 is 2.00 bits per heavy atom. The summed E-state index contributed by atoms with van der Waals surface area (Å²) in [5.41, 5.74) is 3.59. The topological polar surface area (TPSA) is 77.2 Å². The zero-order valence-electron chi connectivity index (χ0n) is 17.2. The Kier molecular flexibility index (Phi) is 5.64. The number of aryl methyl sites for hydroxylation is 2. The molecule has 1 atom stereocenters. The average Bonchev–Trinajstić information content (AvgIpc) is 3.20. The van der Waals surface area contributed by atoms with Crippen LogP contribution < -0.4 is 5.32 Å². The van der Waals surface area contributed by atoms with E-state index in [1.807, 2.05) is 39.0 Å². The predicted octanol–water partition coefficient (Wildman–Crippen LogP) is 4.96. The normalized spacial score (nSPS) is 13.9. The van der Waals surface area contributed by atoms with E-state index in [0.29, 0.717) is 22.6 Å². The number of halogens is 1. The lowest BCUT2D eigenvalue weighted by atomic mass is 9.92. The van der Waals surface area contributed by atoms with Crippen molar-refractivity contribution in [3.8, 4) is 11.3 Å². The predicted molar refractivity (Wildman–Crippen MR) is 118 cm³/mol. The summed E-state index contributed by atoms with van der Waals surface area (Å²) in [6.45, 7) is 5.54. The molecule has 0 amide bonds. The molecule has 30 heavy (non-hydrogen) atoms. The highest BCUT2D eigenvalue weighted by atomic mass is 79.9. The largest absolute Gasteiger partial charge is 0.469 e. The maximum atomic E-state index is 12.9. The Hall–Kier alpha value is -2.67. The van der Waals surface area contributed by atoms with Gasteiger partial charge in [-0.15, -0.1) is 0 Å². The van der Waals surface area contributed by atoms with Crippen LogP contribution in [0.3, 0.4) is 0 Å². The lowest BCUT2D eigenvalue weighted by Crippen LogP contribution is -2.38. The second-order valence-corrected chi connectivity index (χ2v) is 9.08. The molecule has 0 saturated heterocycles. The van der Waals surface area contributed by atoms with Crippen LogP contribution in [0, 0.1) is 0 Å². The monoisotopic (exact) mass is 469 g/mol. The van der Waals surface area contributed by atoms with Crippen LogP contribution in [0.1, 0.15) is 37.8 Å². The Labute approximate surface area is 184 Å². The Morgan fingerprint density at radius 3 is 2.73 bits per heavy atom. The molecular weight excluding hydrogens is 446 g/mol. The fourth-order valence-corrected chi connectivity index (χ4v) is 3.90. The van der Waals surface area contributed by atoms with Crippen LogP contribution in [0.5, 0.6) is 0 Å². The van der Waals surface area contributed by atoms with E-state index in [2.05, 4.69) is 33.4 Å².